The highest BCUT2D eigenvalue weighted by molar-refractivity contribution is 9.10. The minimum Gasteiger partial charge on any atom is -0.381 e. The molecule has 5 rings (SSSR count). The Morgan fingerprint density at radius 1 is 1.00 bits per heavy atom. The molecule has 5 atom stereocenters. The van der Waals surface area contributed by atoms with Crippen LogP contribution in [0.15, 0.2) is 83.3 Å². The van der Waals surface area contributed by atoms with Gasteiger partial charge in [-0.25, -0.2) is 0 Å². The van der Waals surface area contributed by atoms with Gasteiger partial charge in [-0.1, -0.05) is 76.6 Å². The maximum atomic E-state index is 11.6. The van der Waals surface area contributed by atoms with Crippen molar-refractivity contribution in [2.24, 2.45) is 11.8 Å². The Morgan fingerprint density at radius 3 is 2.42 bits per heavy atom. The van der Waals surface area contributed by atoms with Crippen LogP contribution in [0.4, 0.5) is 5.69 Å². The van der Waals surface area contributed by atoms with Gasteiger partial charge in [0.15, 0.2) is 0 Å². The third kappa shape index (κ3) is 3.87. The molecule has 31 heavy (non-hydrogen) atoms. The Labute approximate surface area is 191 Å². The zero-order valence-corrected chi connectivity index (χ0v) is 18.7. The minimum absolute atomic E-state index is 0.0250. The van der Waals surface area contributed by atoms with Gasteiger partial charge in [0.25, 0.3) is 0 Å². The largest absolute Gasteiger partial charge is 0.381 e. The van der Waals surface area contributed by atoms with Gasteiger partial charge in [-0.05, 0) is 59.6 Å². The van der Waals surface area contributed by atoms with Crippen molar-refractivity contribution in [2.75, 3.05) is 11.9 Å². The standard InChI is InChI=1S/C26H25BrN2O2/c27-19-11-14-24-22(15-19)25(18-9-5-2-6-10-18)21-13-12-20(26(21)28-24)23(16-29(30)31)17-7-3-1-4-8-17/h1-11,14-15,20-21,23,25-26,28H,12-13,16H2/t20-,21+,23-,25+,26-/m1/s1. The Hall–Kier alpha value is -2.66. The van der Waals surface area contributed by atoms with Crippen LogP contribution in [-0.2, 0) is 0 Å². The monoisotopic (exact) mass is 476 g/mol. The Bertz CT molecular complexity index is 1070. The van der Waals surface area contributed by atoms with E-state index in [0.717, 1.165) is 28.6 Å². The number of nitro groups is 1. The third-order valence-electron chi connectivity index (χ3n) is 7.10. The van der Waals surface area contributed by atoms with Crippen LogP contribution in [0.3, 0.4) is 0 Å². The first-order valence-electron chi connectivity index (χ1n) is 10.9. The van der Waals surface area contributed by atoms with Crippen molar-refractivity contribution >= 4 is 21.6 Å². The molecule has 0 radical (unpaired) electrons. The zero-order valence-electron chi connectivity index (χ0n) is 17.2. The Morgan fingerprint density at radius 2 is 1.71 bits per heavy atom. The molecule has 1 heterocycles. The van der Waals surface area contributed by atoms with Crippen LogP contribution in [0, 0.1) is 22.0 Å². The summed E-state index contributed by atoms with van der Waals surface area (Å²) in [6.07, 6.45) is 2.06. The van der Waals surface area contributed by atoms with Gasteiger partial charge in [0.1, 0.15) is 0 Å². The number of nitrogens with zero attached hydrogens (tertiary/aromatic N) is 1. The molecule has 1 aliphatic heterocycles. The number of hydrogen-bond acceptors (Lipinski definition) is 3. The topological polar surface area (TPSA) is 55.2 Å². The predicted molar refractivity (Wildman–Crippen MR) is 127 cm³/mol. The lowest BCUT2D eigenvalue weighted by molar-refractivity contribution is -0.485. The molecule has 0 unspecified atom stereocenters. The summed E-state index contributed by atoms with van der Waals surface area (Å²) in [6.45, 7) is -0.0250. The summed E-state index contributed by atoms with van der Waals surface area (Å²) in [5.41, 5.74) is 4.86. The van der Waals surface area contributed by atoms with Gasteiger partial charge >= 0.3 is 0 Å². The van der Waals surface area contributed by atoms with Crippen molar-refractivity contribution in [1.29, 1.82) is 0 Å². The van der Waals surface area contributed by atoms with Gasteiger partial charge in [0.2, 0.25) is 6.54 Å². The second kappa shape index (κ2) is 8.46. The lowest BCUT2D eigenvalue weighted by atomic mass is 9.72. The second-order valence-electron chi connectivity index (χ2n) is 8.73. The first-order valence-corrected chi connectivity index (χ1v) is 11.7. The van der Waals surface area contributed by atoms with Crippen LogP contribution in [-0.4, -0.2) is 17.5 Å². The highest BCUT2D eigenvalue weighted by Gasteiger charge is 2.48. The van der Waals surface area contributed by atoms with E-state index in [1.165, 1.54) is 11.1 Å². The third-order valence-corrected chi connectivity index (χ3v) is 7.60. The molecule has 3 aromatic carbocycles. The van der Waals surface area contributed by atoms with Gasteiger partial charge < -0.3 is 5.32 Å². The van der Waals surface area contributed by atoms with Crippen LogP contribution < -0.4 is 5.32 Å². The number of benzene rings is 3. The lowest BCUT2D eigenvalue weighted by Gasteiger charge is -2.41. The molecule has 5 heteroatoms. The van der Waals surface area contributed by atoms with Crippen LogP contribution >= 0.6 is 15.9 Å². The molecule has 158 valence electrons. The molecule has 1 saturated carbocycles. The molecule has 0 saturated heterocycles. The molecule has 1 aliphatic carbocycles. The summed E-state index contributed by atoms with van der Waals surface area (Å²) in [7, 11) is 0. The molecule has 4 nitrogen and oxygen atoms in total. The molecule has 1 N–H and O–H groups in total. The molecule has 3 aromatic rings. The number of hydrogen-bond donors (Lipinski definition) is 1. The smallest absolute Gasteiger partial charge is 0.211 e. The summed E-state index contributed by atoms with van der Waals surface area (Å²) in [5.74, 6) is 0.831. The average molecular weight is 477 g/mol. The van der Waals surface area contributed by atoms with Gasteiger partial charge in [-0.3, -0.25) is 10.1 Å². The first kappa shape index (κ1) is 20.3. The fraction of sp³-hybridized carbons (Fsp3) is 0.308. The molecular formula is C26H25BrN2O2. The zero-order chi connectivity index (χ0) is 21.4. The Kier molecular flexibility index (Phi) is 5.53. The quantitative estimate of drug-likeness (QED) is 0.339. The number of nitrogens with one attached hydrogen (secondary N) is 1. The number of anilines is 1. The second-order valence-corrected chi connectivity index (χ2v) is 9.64. The number of halogens is 1. The number of rotatable bonds is 5. The maximum Gasteiger partial charge on any atom is 0.211 e. The summed E-state index contributed by atoms with van der Waals surface area (Å²) >= 11 is 3.65. The predicted octanol–water partition coefficient (Wildman–Crippen LogP) is 6.46. The average Bonchev–Trinajstić information content (AvgIpc) is 3.20. The molecular weight excluding hydrogens is 452 g/mol. The maximum absolute atomic E-state index is 11.6. The molecule has 0 amide bonds. The summed E-state index contributed by atoms with van der Waals surface area (Å²) < 4.78 is 1.08. The highest BCUT2D eigenvalue weighted by atomic mass is 79.9. The molecule has 0 bridgehead atoms. The van der Waals surface area contributed by atoms with E-state index in [4.69, 9.17) is 0 Å². The van der Waals surface area contributed by atoms with Crippen LogP contribution in [0.25, 0.3) is 0 Å². The van der Waals surface area contributed by atoms with Gasteiger partial charge in [0, 0.05) is 27.0 Å². The van der Waals surface area contributed by atoms with Crippen molar-refractivity contribution in [3.63, 3.8) is 0 Å². The van der Waals surface area contributed by atoms with Crippen molar-refractivity contribution in [1.82, 2.24) is 0 Å². The van der Waals surface area contributed by atoms with E-state index < -0.39 is 0 Å². The van der Waals surface area contributed by atoms with Crippen molar-refractivity contribution in [3.05, 3.63) is 110 Å². The van der Waals surface area contributed by atoms with E-state index in [0.29, 0.717) is 5.92 Å². The lowest BCUT2D eigenvalue weighted by Crippen LogP contribution is -2.41. The minimum atomic E-state index is -0.145. The Balaban J connectivity index is 1.57. The molecule has 0 spiro atoms. The summed E-state index contributed by atoms with van der Waals surface area (Å²) in [5, 5.41) is 15.4. The van der Waals surface area contributed by atoms with Gasteiger partial charge in [-0.2, -0.15) is 0 Å². The van der Waals surface area contributed by atoms with Crippen molar-refractivity contribution in [2.45, 2.75) is 30.7 Å². The fourth-order valence-corrected chi connectivity index (χ4v) is 6.25. The SMILES string of the molecule is O=[N+]([O-])C[C@H](c1ccccc1)[C@H]1CC[C@H]2[C@H](c3ccccc3)c3cc(Br)ccc3N[C@@H]21. The van der Waals surface area contributed by atoms with E-state index in [9.17, 15) is 10.1 Å². The van der Waals surface area contributed by atoms with Crippen molar-refractivity contribution in [3.8, 4) is 0 Å². The van der Waals surface area contributed by atoms with Crippen LogP contribution in [0.2, 0.25) is 0 Å². The molecule has 1 fully saturated rings. The summed E-state index contributed by atoms with van der Waals surface area (Å²) in [6, 6.07) is 27.4. The van der Waals surface area contributed by atoms with E-state index >= 15 is 0 Å². The number of fused-ring (bicyclic) bond motifs is 2. The normalized spacial score (nSPS) is 25.2. The van der Waals surface area contributed by atoms with Crippen LogP contribution in [0.1, 0.15) is 41.4 Å². The first-order chi connectivity index (χ1) is 15.1. The molecule has 0 aromatic heterocycles. The van der Waals surface area contributed by atoms with E-state index in [-0.39, 0.29) is 35.3 Å². The van der Waals surface area contributed by atoms with E-state index in [1.807, 2.05) is 30.3 Å². The van der Waals surface area contributed by atoms with E-state index in [2.05, 4.69) is 69.8 Å². The van der Waals surface area contributed by atoms with Gasteiger partial charge in [-0.15, -0.1) is 0 Å². The van der Waals surface area contributed by atoms with E-state index in [1.54, 1.807) is 0 Å². The molecule has 2 aliphatic rings. The highest BCUT2D eigenvalue weighted by Crippen LogP contribution is 2.53. The van der Waals surface area contributed by atoms with Gasteiger partial charge in [0.05, 0.1) is 5.92 Å². The fourth-order valence-electron chi connectivity index (χ4n) is 5.87. The van der Waals surface area contributed by atoms with Crippen molar-refractivity contribution < 1.29 is 4.92 Å². The van der Waals surface area contributed by atoms with Crippen LogP contribution in [0.5, 0.6) is 0 Å². The summed E-state index contributed by atoms with van der Waals surface area (Å²) in [4.78, 5) is 11.5.